The van der Waals surface area contributed by atoms with Crippen LogP contribution in [0, 0.1) is 5.92 Å². The van der Waals surface area contributed by atoms with Gasteiger partial charge in [0.05, 0.1) is 29.3 Å². The molecule has 0 spiro atoms. The van der Waals surface area contributed by atoms with Crippen molar-refractivity contribution >= 4 is 39.2 Å². The number of hydrogen-bond donors (Lipinski definition) is 2. The normalized spacial score (nSPS) is 16.7. The molecule has 5 aromatic rings. The molecular weight excluding hydrogens is 564 g/mol. The number of nitrogens with one attached hydrogen (secondary N) is 2. The van der Waals surface area contributed by atoms with Gasteiger partial charge in [0, 0.05) is 24.2 Å². The molecule has 0 fully saturated rings. The molecule has 4 heterocycles. The number of carbonyl (C=O) groups is 2. The van der Waals surface area contributed by atoms with Crippen molar-refractivity contribution in [2.75, 3.05) is 31.1 Å². The number of hydrogen-bond acceptors (Lipinski definition) is 9. The number of fused-ring (bicyclic) bond motifs is 4. The quantitative estimate of drug-likeness (QED) is 0.319. The molecule has 12 heteroatoms. The third kappa shape index (κ3) is 6.33. The van der Waals surface area contributed by atoms with Crippen molar-refractivity contribution in [1.82, 2.24) is 35.4 Å². The van der Waals surface area contributed by atoms with Gasteiger partial charge in [0.15, 0.2) is 17.5 Å². The van der Waals surface area contributed by atoms with Crippen LogP contribution >= 0.6 is 11.3 Å². The van der Waals surface area contributed by atoms with E-state index in [4.69, 9.17) is 14.8 Å². The highest BCUT2D eigenvalue weighted by Crippen LogP contribution is 2.28. The molecule has 11 nitrogen and oxygen atoms in total. The summed E-state index contributed by atoms with van der Waals surface area (Å²) in [6.07, 6.45) is 1.50. The van der Waals surface area contributed by atoms with E-state index in [1.807, 2.05) is 66.6 Å². The zero-order valence-electron chi connectivity index (χ0n) is 23.9. The first-order valence-corrected chi connectivity index (χ1v) is 15.1. The Labute approximate surface area is 252 Å². The summed E-state index contributed by atoms with van der Waals surface area (Å²) in [6, 6.07) is 18.4. The highest BCUT2D eigenvalue weighted by Gasteiger charge is 2.27. The molecule has 0 aliphatic carbocycles. The Morgan fingerprint density at radius 1 is 1.00 bits per heavy atom. The van der Waals surface area contributed by atoms with Gasteiger partial charge in [-0.05, 0) is 35.6 Å². The van der Waals surface area contributed by atoms with E-state index < -0.39 is 6.04 Å². The lowest BCUT2D eigenvalue weighted by molar-refractivity contribution is -0.120. The zero-order chi connectivity index (χ0) is 29.8. The number of amides is 2. The van der Waals surface area contributed by atoms with Gasteiger partial charge in [-0.25, -0.2) is 19.6 Å². The van der Waals surface area contributed by atoms with Crippen LogP contribution in [0.1, 0.15) is 36.1 Å². The number of thiophene rings is 1. The van der Waals surface area contributed by atoms with Crippen molar-refractivity contribution < 1.29 is 14.3 Å². The Bertz CT molecular complexity index is 1740. The molecule has 0 saturated carbocycles. The predicted molar refractivity (Wildman–Crippen MR) is 165 cm³/mol. The molecule has 2 bridgehead atoms. The van der Waals surface area contributed by atoms with E-state index in [0.29, 0.717) is 55.0 Å². The molecule has 0 saturated heterocycles. The standard InChI is InChI=1S/C31H32N8O3S/c1-20(2)26-29-36-28(21-7-4-3-5-8-21)37-39(29)14-15-42-23-10-6-9-22(17-23)31(41)32-12-13-38(18-25(40)35-26)30-27-24(11-16-43-27)33-19-34-30/h3-11,16-17,19-20,26H,12-15,18H2,1-2H3,(H,32,41)(H,35,40)/t26-/m0/s1. The van der Waals surface area contributed by atoms with Crippen molar-refractivity contribution in [3.05, 3.63) is 83.8 Å². The zero-order valence-corrected chi connectivity index (χ0v) is 24.8. The van der Waals surface area contributed by atoms with Crippen LogP contribution in [0.2, 0.25) is 0 Å². The first kappa shape index (κ1) is 28.3. The summed E-state index contributed by atoms with van der Waals surface area (Å²) < 4.78 is 8.72. The lowest BCUT2D eigenvalue weighted by atomic mass is 10.0. The second kappa shape index (κ2) is 12.6. The van der Waals surface area contributed by atoms with Gasteiger partial charge in [0.1, 0.15) is 18.7 Å². The third-order valence-electron chi connectivity index (χ3n) is 7.19. The second-order valence-corrected chi connectivity index (χ2v) is 11.5. The minimum absolute atomic E-state index is 0.0194. The van der Waals surface area contributed by atoms with Crippen LogP contribution in [0.25, 0.3) is 21.6 Å². The number of carbonyl (C=O) groups excluding carboxylic acids is 2. The number of aromatic nitrogens is 5. The molecule has 1 atom stereocenters. The van der Waals surface area contributed by atoms with Gasteiger partial charge >= 0.3 is 0 Å². The molecule has 6 rings (SSSR count). The number of rotatable bonds is 3. The molecule has 1 aliphatic heterocycles. The van der Waals surface area contributed by atoms with Crippen LogP contribution in [0.15, 0.2) is 72.4 Å². The maximum Gasteiger partial charge on any atom is 0.251 e. The molecule has 0 radical (unpaired) electrons. The van der Waals surface area contributed by atoms with Gasteiger partial charge < -0.3 is 20.3 Å². The molecule has 3 aromatic heterocycles. The fraction of sp³-hybridized carbons (Fsp3) is 0.290. The lowest BCUT2D eigenvalue weighted by Gasteiger charge is -2.27. The smallest absolute Gasteiger partial charge is 0.251 e. The summed E-state index contributed by atoms with van der Waals surface area (Å²) >= 11 is 1.51. The van der Waals surface area contributed by atoms with Gasteiger partial charge in [-0.15, -0.1) is 11.3 Å². The summed E-state index contributed by atoms with van der Waals surface area (Å²) in [7, 11) is 0. The maximum atomic E-state index is 13.7. The van der Waals surface area contributed by atoms with E-state index >= 15 is 0 Å². The van der Waals surface area contributed by atoms with Crippen molar-refractivity contribution in [1.29, 1.82) is 0 Å². The summed E-state index contributed by atoms with van der Waals surface area (Å²) in [5.41, 5.74) is 2.18. The third-order valence-corrected chi connectivity index (χ3v) is 8.09. The number of anilines is 1. The lowest BCUT2D eigenvalue weighted by Crippen LogP contribution is -2.44. The number of nitrogens with zero attached hydrogens (tertiary/aromatic N) is 6. The van der Waals surface area contributed by atoms with E-state index in [-0.39, 0.29) is 24.3 Å². The molecule has 43 heavy (non-hydrogen) atoms. The van der Waals surface area contributed by atoms with Crippen molar-refractivity contribution in [3.63, 3.8) is 0 Å². The first-order chi connectivity index (χ1) is 21.0. The van der Waals surface area contributed by atoms with Crippen LogP contribution in [0.5, 0.6) is 5.75 Å². The Balaban J connectivity index is 1.38. The SMILES string of the molecule is CC(C)[C@@H]1NC(=O)CN(c2ncnc3ccsc23)CCNC(=O)c2cccc(c2)OCCn2nc(-c3ccccc3)nc21. The van der Waals surface area contributed by atoms with Crippen molar-refractivity contribution in [2.24, 2.45) is 5.92 Å². The average molecular weight is 597 g/mol. The Morgan fingerprint density at radius 2 is 1.84 bits per heavy atom. The van der Waals surface area contributed by atoms with Gasteiger partial charge in [-0.1, -0.05) is 50.2 Å². The van der Waals surface area contributed by atoms with Gasteiger partial charge in [-0.3, -0.25) is 9.59 Å². The molecule has 1 aliphatic rings. The number of ether oxygens (including phenoxy) is 1. The monoisotopic (exact) mass is 596 g/mol. The summed E-state index contributed by atoms with van der Waals surface area (Å²) in [5, 5.41) is 12.9. The first-order valence-electron chi connectivity index (χ1n) is 14.2. The average Bonchev–Trinajstić information content (AvgIpc) is 3.67. The van der Waals surface area contributed by atoms with E-state index in [1.54, 1.807) is 22.9 Å². The van der Waals surface area contributed by atoms with Crippen LogP contribution in [0.3, 0.4) is 0 Å². The largest absolute Gasteiger partial charge is 0.492 e. The Morgan fingerprint density at radius 3 is 2.67 bits per heavy atom. The van der Waals surface area contributed by atoms with Gasteiger partial charge in [0.2, 0.25) is 5.91 Å². The fourth-order valence-electron chi connectivity index (χ4n) is 5.02. The predicted octanol–water partition coefficient (Wildman–Crippen LogP) is 4.09. The highest BCUT2D eigenvalue weighted by molar-refractivity contribution is 7.17. The van der Waals surface area contributed by atoms with Crippen LogP contribution < -0.4 is 20.3 Å². The Kier molecular flexibility index (Phi) is 8.27. The van der Waals surface area contributed by atoms with E-state index in [2.05, 4.69) is 20.6 Å². The minimum Gasteiger partial charge on any atom is -0.492 e. The molecular formula is C31H32N8O3S. The highest BCUT2D eigenvalue weighted by atomic mass is 32.1. The van der Waals surface area contributed by atoms with E-state index in [9.17, 15) is 9.59 Å². The topological polar surface area (TPSA) is 127 Å². The second-order valence-electron chi connectivity index (χ2n) is 10.6. The van der Waals surface area contributed by atoms with Crippen molar-refractivity contribution in [2.45, 2.75) is 26.4 Å². The maximum absolute atomic E-state index is 13.7. The van der Waals surface area contributed by atoms with E-state index in [0.717, 1.165) is 15.8 Å². The molecule has 220 valence electrons. The fourth-order valence-corrected chi connectivity index (χ4v) is 5.89. The van der Waals surface area contributed by atoms with E-state index in [1.165, 1.54) is 17.7 Å². The van der Waals surface area contributed by atoms with Crippen LogP contribution in [0.4, 0.5) is 5.82 Å². The van der Waals surface area contributed by atoms with Gasteiger partial charge in [-0.2, -0.15) is 5.10 Å². The molecule has 2 N–H and O–H groups in total. The van der Waals surface area contributed by atoms with Crippen LogP contribution in [-0.4, -0.2) is 62.8 Å². The summed E-state index contributed by atoms with van der Waals surface area (Å²) in [5.74, 6) is 2.05. The Hall–Kier alpha value is -4.84. The minimum atomic E-state index is -0.412. The summed E-state index contributed by atoms with van der Waals surface area (Å²) in [4.78, 5) is 42.4. The molecule has 2 aromatic carbocycles. The summed E-state index contributed by atoms with van der Waals surface area (Å²) in [6.45, 7) is 5.48. The van der Waals surface area contributed by atoms with Crippen LogP contribution in [-0.2, 0) is 11.3 Å². The van der Waals surface area contributed by atoms with Gasteiger partial charge in [0.25, 0.3) is 5.91 Å². The number of benzene rings is 2. The molecule has 0 unspecified atom stereocenters. The molecule has 2 amide bonds. The van der Waals surface area contributed by atoms with Crippen molar-refractivity contribution in [3.8, 4) is 17.1 Å².